The van der Waals surface area contributed by atoms with Crippen molar-refractivity contribution in [2.24, 2.45) is 5.73 Å². The van der Waals surface area contributed by atoms with Crippen LogP contribution in [0.15, 0.2) is 65.9 Å². The first-order valence-electron chi connectivity index (χ1n) is 9.13. The zero-order valence-electron chi connectivity index (χ0n) is 16.4. The normalized spacial score (nSPS) is 16.0. The van der Waals surface area contributed by atoms with Crippen molar-refractivity contribution in [2.45, 2.75) is 13.0 Å². The van der Waals surface area contributed by atoms with Gasteiger partial charge in [-0.15, -0.1) is 0 Å². The quantitative estimate of drug-likeness (QED) is 0.674. The third-order valence-electron chi connectivity index (χ3n) is 5.26. The number of hydrogen-bond acceptors (Lipinski definition) is 5. The largest absolute Gasteiger partial charge is 0.841 e. The Kier molecular flexibility index (Phi) is 4.76. The molecule has 2 heterocycles. The number of nitrogens with zero attached hydrogens (tertiary/aromatic N) is 2. The van der Waals surface area contributed by atoms with E-state index in [0.29, 0.717) is 16.2 Å². The molecular weight excluding hydrogens is 386 g/mol. The summed E-state index contributed by atoms with van der Waals surface area (Å²) in [7, 11) is 3.44. The third kappa shape index (κ3) is 3.03. The van der Waals surface area contributed by atoms with E-state index in [2.05, 4.69) is 0 Å². The van der Waals surface area contributed by atoms with Crippen LogP contribution in [0.4, 0.5) is 5.13 Å². The predicted molar refractivity (Wildman–Crippen MR) is 111 cm³/mol. The van der Waals surface area contributed by atoms with Gasteiger partial charge < -0.3 is 15.6 Å². The van der Waals surface area contributed by atoms with E-state index in [4.69, 9.17) is 10.5 Å². The van der Waals surface area contributed by atoms with Crippen LogP contribution in [-0.2, 0) is 4.79 Å². The summed E-state index contributed by atoms with van der Waals surface area (Å²) < 4.78 is 6.91. The van der Waals surface area contributed by atoms with Gasteiger partial charge in [0.2, 0.25) is 0 Å². The third-order valence-corrected chi connectivity index (χ3v) is 6.52. The van der Waals surface area contributed by atoms with Crippen LogP contribution in [0.5, 0.6) is 11.6 Å². The summed E-state index contributed by atoms with van der Waals surface area (Å²) in [4.78, 5) is 14.9. The summed E-state index contributed by atoms with van der Waals surface area (Å²) >= 11 is 1.41. The Morgan fingerprint density at radius 2 is 1.83 bits per heavy atom. The Bertz CT molecular complexity index is 1100. The van der Waals surface area contributed by atoms with Crippen molar-refractivity contribution < 1.29 is 19.2 Å². The average molecular weight is 407 g/mol. The van der Waals surface area contributed by atoms with Gasteiger partial charge in [-0.1, -0.05) is 42.5 Å². The van der Waals surface area contributed by atoms with Crippen LogP contribution >= 0.6 is 11.3 Å². The Hall–Kier alpha value is -3.32. The number of ether oxygens (including phenoxy) is 1. The fourth-order valence-corrected chi connectivity index (χ4v) is 4.86. The molecule has 0 aliphatic carbocycles. The van der Waals surface area contributed by atoms with E-state index in [1.807, 2.05) is 73.5 Å². The number of carbonyl (C=O) groups is 1. The summed E-state index contributed by atoms with van der Waals surface area (Å²) in [6.45, 7) is 1.85. The summed E-state index contributed by atoms with van der Waals surface area (Å²) in [5, 5.41) is 14.2. The number of primary amides is 1. The van der Waals surface area contributed by atoms with Gasteiger partial charge in [-0.05, 0) is 36.0 Å². The first-order chi connectivity index (χ1) is 13.9. The lowest BCUT2D eigenvalue weighted by molar-refractivity contribution is -0.728. The highest BCUT2D eigenvalue weighted by molar-refractivity contribution is 7.18. The number of fused-ring (bicyclic) bond motifs is 1. The number of anilines is 1. The number of allylic oxidation sites excluding steroid dienone is 1. The van der Waals surface area contributed by atoms with Crippen molar-refractivity contribution in [3.63, 3.8) is 0 Å². The molecule has 29 heavy (non-hydrogen) atoms. The number of benzene rings is 2. The molecule has 2 N–H and O–H groups in total. The molecule has 1 atom stereocenters. The first kappa shape index (κ1) is 19.0. The number of rotatable bonds is 4. The predicted octanol–water partition coefficient (Wildman–Crippen LogP) is 2.58. The van der Waals surface area contributed by atoms with Crippen molar-refractivity contribution in [2.75, 3.05) is 19.1 Å². The molecule has 0 fully saturated rings. The van der Waals surface area contributed by atoms with E-state index in [9.17, 15) is 9.90 Å². The molecule has 4 rings (SSSR count). The van der Waals surface area contributed by atoms with Crippen molar-refractivity contribution in [1.29, 1.82) is 0 Å². The Labute approximate surface area is 173 Å². The molecule has 7 heteroatoms. The van der Waals surface area contributed by atoms with E-state index in [1.54, 1.807) is 11.7 Å². The number of hydrogen-bond donors (Lipinski definition) is 1. The minimum atomic E-state index is -0.592. The zero-order chi connectivity index (χ0) is 20.7. The molecule has 1 unspecified atom stereocenters. The molecule has 1 amide bonds. The standard InChI is InChI=1S/C22H21N3O3S/c1-13-17(20(23)26)18(14-9-11-16(28-3)12-10-14)25-21(27)19(29-22(25)24(13)2)15-7-5-4-6-8-15/h4-12,18H,1-3H3,(H2-,23,26,27). The number of carbonyl (C=O) groups excluding carboxylic acids is 1. The summed E-state index contributed by atoms with van der Waals surface area (Å²) in [6, 6.07) is 16.3. The van der Waals surface area contributed by atoms with Gasteiger partial charge in [0, 0.05) is 5.56 Å². The first-order valence-corrected chi connectivity index (χ1v) is 9.94. The number of amides is 1. The number of aromatic nitrogens is 1. The smallest absolute Gasteiger partial charge is 0.341 e. The minimum Gasteiger partial charge on any atom is -0.841 e. The fourth-order valence-electron chi connectivity index (χ4n) is 3.68. The molecule has 1 aromatic heterocycles. The number of nitrogens with two attached hydrogens (primary N) is 1. The van der Waals surface area contributed by atoms with E-state index in [0.717, 1.165) is 22.0 Å². The topological polar surface area (TPSA) is 82.5 Å². The molecule has 3 aromatic rings. The molecule has 1 aliphatic rings. The van der Waals surface area contributed by atoms with Gasteiger partial charge in [-0.3, -0.25) is 4.79 Å². The molecule has 0 bridgehead atoms. The van der Waals surface area contributed by atoms with E-state index < -0.39 is 11.9 Å². The van der Waals surface area contributed by atoms with E-state index in [1.165, 1.54) is 11.3 Å². The van der Waals surface area contributed by atoms with Crippen LogP contribution in [0.1, 0.15) is 18.5 Å². The van der Waals surface area contributed by atoms with Crippen molar-refractivity contribution in [3.8, 4) is 22.1 Å². The SMILES string of the molecule is COc1ccc(C2C(C(N)=O)=C(C)N(C)c3sc(-c4ccccc4)c([O-])[n+]32)cc1. The molecule has 0 radical (unpaired) electrons. The molecule has 2 aromatic carbocycles. The zero-order valence-corrected chi connectivity index (χ0v) is 17.2. The molecule has 6 nitrogen and oxygen atoms in total. The fraction of sp³-hybridized carbons (Fsp3) is 0.182. The molecule has 1 aliphatic heterocycles. The second-order valence-corrected chi connectivity index (χ2v) is 7.83. The Morgan fingerprint density at radius 1 is 1.17 bits per heavy atom. The molecule has 0 spiro atoms. The average Bonchev–Trinajstić information content (AvgIpc) is 3.08. The number of methoxy groups -OCH3 is 1. The van der Waals surface area contributed by atoms with E-state index in [-0.39, 0.29) is 5.88 Å². The second kappa shape index (κ2) is 7.25. The summed E-state index contributed by atoms with van der Waals surface area (Å²) in [5.74, 6) is 0.0150. The highest BCUT2D eigenvalue weighted by Gasteiger charge is 2.42. The van der Waals surface area contributed by atoms with Gasteiger partial charge in [0.05, 0.1) is 24.9 Å². The second-order valence-electron chi connectivity index (χ2n) is 6.85. The number of thiazole rings is 1. The summed E-state index contributed by atoms with van der Waals surface area (Å²) in [6.07, 6.45) is 0. The van der Waals surface area contributed by atoms with Crippen LogP contribution in [0.2, 0.25) is 0 Å². The van der Waals surface area contributed by atoms with Crippen LogP contribution < -0.4 is 25.0 Å². The van der Waals surface area contributed by atoms with Crippen molar-refractivity contribution >= 4 is 22.4 Å². The highest BCUT2D eigenvalue weighted by atomic mass is 32.1. The maximum Gasteiger partial charge on any atom is 0.341 e. The highest BCUT2D eigenvalue weighted by Crippen LogP contribution is 2.43. The molecular formula is C22H21N3O3S. The van der Waals surface area contributed by atoms with Crippen LogP contribution in [-0.4, -0.2) is 20.1 Å². The van der Waals surface area contributed by atoms with E-state index >= 15 is 0 Å². The van der Waals surface area contributed by atoms with Gasteiger partial charge in [0.1, 0.15) is 17.0 Å². The maximum atomic E-state index is 13.5. The van der Waals surface area contributed by atoms with Gasteiger partial charge in [-0.2, -0.15) is 0 Å². The Balaban J connectivity index is 1.97. The maximum absolute atomic E-state index is 13.5. The minimum absolute atomic E-state index is 0.143. The van der Waals surface area contributed by atoms with Gasteiger partial charge in [0.15, 0.2) is 6.04 Å². The lowest BCUT2D eigenvalue weighted by Gasteiger charge is -2.29. The molecule has 0 saturated heterocycles. The lowest BCUT2D eigenvalue weighted by Crippen LogP contribution is -2.52. The van der Waals surface area contributed by atoms with Gasteiger partial charge in [-0.25, -0.2) is 9.47 Å². The Morgan fingerprint density at radius 3 is 2.41 bits per heavy atom. The van der Waals surface area contributed by atoms with Crippen LogP contribution in [0, 0.1) is 0 Å². The lowest BCUT2D eigenvalue weighted by atomic mass is 9.94. The molecule has 0 saturated carbocycles. The van der Waals surface area contributed by atoms with Gasteiger partial charge in [0.25, 0.3) is 5.91 Å². The van der Waals surface area contributed by atoms with Crippen LogP contribution in [0.25, 0.3) is 10.4 Å². The van der Waals surface area contributed by atoms with Crippen molar-refractivity contribution in [1.82, 2.24) is 0 Å². The van der Waals surface area contributed by atoms with Gasteiger partial charge >= 0.3 is 5.13 Å². The molecule has 148 valence electrons. The van der Waals surface area contributed by atoms with Crippen molar-refractivity contribution in [3.05, 3.63) is 71.4 Å². The van der Waals surface area contributed by atoms with Crippen LogP contribution in [0.3, 0.4) is 0 Å². The monoisotopic (exact) mass is 407 g/mol. The summed E-state index contributed by atoms with van der Waals surface area (Å²) in [5.41, 5.74) is 8.56.